The van der Waals surface area contributed by atoms with Crippen LogP contribution in [0.2, 0.25) is 0 Å². The topological polar surface area (TPSA) is 67.8 Å². The van der Waals surface area contributed by atoms with Gasteiger partial charge in [0.25, 0.3) is 0 Å². The van der Waals surface area contributed by atoms with Gasteiger partial charge in [-0.2, -0.15) is 0 Å². The van der Waals surface area contributed by atoms with Gasteiger partial charge in [-0.25, -0.2) is 4.79 Å². The number of carbonyl (C=O) groups is 1. The van der Waals surface area contributed by atoms with Crippen LogP contribution in [0.4, 0.5) is 23.7 Å². The number of aliphatic hydroxyl groups is 1. The third kappa shape index (κ3) is 6.35. The Hall–Kier alpha value is -1.96. The minimum absolute atomic E-state index is 0.0536. The molecule has 0 aliphatic rings. The number of benzene rings is 1. The van der Waals surface area contributed by atoms with Crippen molar-refractivity contribution in [1.82, 2.24) is 0 Å². The van der Waals surface area contributed by atoms with Crippen molar-refractivity contribution >= 4 is 11.8 Å². The average molecular weight is 307 g/mol. The van der Waals surface area contributed by atoms with Gasteiger partial charge >= 0.3 is 12.5 Å². The van der Waals surface area contributed by atoms with Crippen LogP contribution in [0, 0.1) is 0 Å². The number of amides is 1. The van der Waals surface area contributed by atoms with Crippen LogP contribution < -0.4 is 10.1 Å². The second-order valence-electron chi connectivity index (χ2n) is 5.16. The monoisotopic (exact) mass is 307 g/mol. The molecule has 0 bridgehead atoms. The summed E-state index contributed by atoms with van der Waals surface area (Å²) in [5.74, 6) is -0.585. The lowest BCUT2D eigenvalue weighted by Gasteiger charge is -2.20. The predicted octanol–water partition coefficient (Wildman–Crippen LogP) is 3.42. The van der Waals surface area contributed by atoms with Crippen molar-refractivity contribution in [1.29, 1.82) is 0 Å². The Labute approximate surface area is 119 Å². The molecule has 1 aromatic carbocycles. The first-order chi connectivity index (χ1) is 9.50. The largest absolute Gasteiger partial charge is 0.573 e. The fourth-order valence-electron chi connectivity index (χ4n) is 1.40. The molecule has 0 saturated carbocycles. The number of anilines is 1. The Morgan fingerprint density at radius 1 is 1.29 bits per heavy atom. The van der Waals surface area contributed by atoms with Crippen LogP contribution in [0.3, 0.4) is 0 Å². The van der Waals surface area contributed by atoms with E-state index in [1.807, 2.05) is 0 Å². The Balaban J connectivity index is 2.90. The van der Waals surface area contributed by atoms with E-state index in [4.69, 9.17) is 9.84 Å². The summed E-state index contributed by atoms with van der Waals surface area (Å²) >= 11 is 0. The van der Waals surface area contributed by atoms with Crippen LogP contribution in [-0.4, -0.2) is 23.2 Å². The zero-order valence-electron chi connectivity index (χ0n) is 11.7. The molecule has 21 heavy (non-hydrogen) atoms. The SMILES string of the molecule is CC(C)(C)OC(=O)Nc1ccc(CO)c(OC(F)(F)F)c1. The van der Waals surface area contributed by atoms with Gasteiger partial charge in [0, 0.05) is 17.3 Å². The number of carbonyl (C=O) groups excluding carboxylic acids is 1. The van der Waals surface area contributed by atoms with E-state index in [1.54, 1.807) is 20.8 Å². The highest BCUT2D eigenvalue weighted by atomic mass is 19.4. The number of hydrogen-bond donors (Lipinski definition) is 2. The molecular formula is C13H16F3NO4. The smallest absolute Gasteiger partial charge is 0.444 e. The van der Waals surface area contributed by atoms with Gasteiger partial charge < -0.3 is 14.6 Å². The number of alkyl halides is 3. The van der Waals surface area contributed by atoms with Gasteiger partial charge in [-0.05, 0) is 26.8 Å². The van der Waals surface area contributed by atoms with E-state index in [-0.39, 0.29) is 11.3 Å². The second kappa shape index (κ2) is 6.21. The third-order valence-corrected chi connectivity index (χ3v) is 2.11. The number of aliphatic hydroxyl groups excluding tert-OH is 1. The Morgan fingerprint density at radius 2 is 1.90 bits per heavy atom. The quantitative estimate of drug-likeness (QED) is 0.898. The normalized spacial score (nSPS) is 12.0. The van der Waals surface area contributed by atoms with Crippen molar-refractivity contribution in [3.63, 3.8) is 0 Å². The molecule has 0 saturated heterocycles. The maximum Gasteiger partial charge on any atom is 0.573 e. The van der Waals surface area contributed by atoms with Gasteiger partial charge in [-0.1, -0.05) is 6.07 Å². The van der Waals surface area contributed by atoms with Crippen LogP contribution in [-0.2, 0) is 11.3 Å². The summed E-state index contributed by atoms with van der Waals surface area (Å²) in [4.78, 5) is 11.5. The van der Waals surface area contributed by atoms with Crippen LogP contribution in [0.15, 0.2) is 18.2 Å². The van der Waals surface area contributed by atoms with Gasteiger partial charge in [-0.15, -0.1) is 13.2 Å². The zero-order chi connectivity index (χ0) is 16.3. The molecule has 2 N–H and O–H groups in total. The molecule has 0 aromatic heterocycles. The van der Waals surface area contributed by atoms with Crippen molar-refractivity contribution in [2.45, 2.75) is 39.3 Å². The summed E-state index contributed by atoms with van der Waals surface area (Å²) < 4.78 is 45.5. The maximum absolute atomic E-state index is 12.3. The molecule has 8 heteroatoms. The van der Waals surface area contributed by atoms with Crippen molar-refractivity contribution < 1.29 is 32.5 Å². The van der Waals surface area contributed by atoms with E-state index in [0.717, 1.165) is 6.07 Å². The molecule has 0 radical (unpaired) electrons. The molecule has 5 nitrogen and oxygen atoms in total. The molecule has 118 valence electrons. The highest BCUT2D eigenvalue weighted by Crippen LogP contribution is 2.29. The number of halogens is 3. The summed E-state index contributed by atoms with van der Waals surface area (Å²) in [6.07, 6.45) is -5.70. The summed E-state index contributed by atoms with van der Waals surface area (Å²) in [6.45, 7) is 4.33. The number of ether oxygens (including phenoxy) is 2. The molecule has 0 aliphatic carbocycles. The summed E-state index contributed by atoms with van der Waals surface area (Å²) in [6, 6.07) is 3.51. The van der Waals surface area contributed by atoms with Gasteiger partial charge in [0.2, 0.25) is 0 Å². The first-order valence-electron chi connectivity index (χ1n) is 6.00. The lowest BCUT2D eigenvalue weighted by molar-refractivity contribution is -0.275. The highest BCUT2D eigenvalue weighted by Gasteiger charge is 2.32. The van der Waals surface area contributed by atoms with Crippen molar-refractivity contribution in [3.8, 4) is 5.75 Å². The predicted molar refractivity (Wildman–Crippen MR) is 68.9 cm³/mol. The van der Waals surface area contributed by atoms with E-state index in [0.29, 0.717) is 0 Å². The van der Waals surface area contributed by atoms with E-state index < -0.39 is 30.4 Å². The Kier molecular flexibility index (Phi) is 5.06. The van der Waals surface area contributed by atoms with Gasteiger partial charge in [0.1, 0.15) is 11.4 Å². The van der Waals surface area contributed by atoms with Crippen LogP contribution in [0.5, 0.6) is 5.75 Å². The third-order valence-electron chi connectivity index (χ3n) is 2.11. The highest BCUT2D eigenvalue weighted by molar-refractivity contribution is 5.85. The molecule has 0 heterocycles. The molecule has 0 atom stereocenters. The Bertz CT molecular complexity index is 509. The van der Waals surface area contributed by atoms with Crippen LogP contribution >= 0.6 is 0 Å². The molecule has 1 rings (SSSR count). The molecule has 0 spiro atoms. The maximum atomic E-state index is 12.3. The van der Waals surface area contributed by atoms with E-state index in [2.05, 4.69) is 10.1 Å². The van der Waals surface area contributed by atoms with Gasteiger partial charge in [0.05, 0.1) is 6.61 Å². The number of nitrogens with one attached hydrogen (secondary N) is 1. The lowest BCUT2D eigenvalue weighted by atomic mass is 10.2. The van der Waals surface area contributed by atoms with E-state index in [1.165, 1.54) is 12.1 Å². The fraction of sp³-hybridized carbons (Fsp3) is 0.462. The van der Waals surface area contributed by atoms with Crippen LogP contribution in [0.25, 0.3) is 0 Å². The molecular weight excluding hydrogens is 291 g/mol. The van der Waals surface area contributed by atoms with Crippen LogP contribution in [0.1, 0.15) is 26.3 Å². The average Bonchev–Trinajstić information content (AvgIpc) is 2.24. The minimum Gasteiger partial charge on any atom is -0.444 e. The zero-order valence-corrected chi connectivity index (χ0v) is 11.7. The first-order valence-corrected chi connectivity index (χ1v) is 6.00. The van der Waals surface area contributed by atoms with Crippen molar-refractivity contribution in [2.24, 2.45) is 0 Å². The summed E-state index contributed by atoms with van der Waals surface area (Å²) in [5, 5.41) is 11.3. The molecule has 0 aliphatic heterocycles. The number of rotatable bonds is 3. The van der Waals surface area contributed by atoms with E-state index >= 15 is 0 Å². The van der Waals surface area contributed by atoms with Crippen molar-refractivity contribution in [2.75, 3.05) is 5.32 Å². The summed E-state index contributed by atoms with van der Waals surface area (Å²) in [5.41, 5.74) is -0.733. The summed E-state index contributed by atoms with van der Waals surface area (Å²) in [7, 11) is 0. The molecule has 0 unspecified atom stereocenters. The standard InChI is InChI=1S/C13H16F3NO4/c1-12(2,3)21-11(19)17-9-5-4-8(7-18)10(6-9)20-13(14,15)16/h4-6,18H,7H2,1-3H3,(H,17,19). The Morgan fingerprint density at radius 3 is 2.38 bits per heavy atom. The molecule has 0 fully saturated rings. The minimum atomic E-state index is -4.89. The fourth-order valence-corrected chi connectivity index (χ4v) is 1.40. The second-order valence-corrected chi connectivity index (χ2v) is 5.16. The first kappa shape index (κ1) is 17.1. The van der Waals surface area contributed by atoms with Crippen molar-refractivity contribution in [3.05, 3.63) is 23.8 Å². The molecule has 1 amide bonds. The van der Waals surface area contributed by atoms with E-state index in [9.17, 15) is 18.0 Å². The lowest BCUT2D eigenvalue weighted by Crippen LogP contribution is -2.27. The number of hydrogen-bond acceptors (Lipinski definition) is 4. The molecule has 1 aromatic rings. The van der Waals surface area contributed by atoms with Gasteiger partial charge in [0.15, 0.2) is 0 Å². The van der Waals surface area contributed by atoms with Gasteiger partial charge in [-0.3, -0.25) is 5.32 Å².